The van der Waals surface area contributed by atoms with Crippen LogP contribution in [0.25, 0.3) is 10.8 Å². The molecule has 0 radical (unpaired) electrons. The van der Waals surface area contributed by atoms with Gasteiger partial charge in [0.25, 0.3) is 0 Å². The van der Waals surface area contributed by atoms with Crippen LogP contribution in [-0.2, 0) is 6.54 Å². The average molecular weight is 270 g/mol. The van der Waals surface area contributed by atoms with Crippen LogP contribution in [0.2, 0.25) is 0 Å². The van der Waals surface area contributed by atoms with Gasteiger partial charge < -0.3 is 11.5 Å². The van der Waals surface area contributed by atoms with E-state index in [1.165, 1.54) is 54.9 Å². The van der Waals surface area contributed by atoms with Crippen molar-refractivity contribution in [1.82, 2.24) is 0 Å². The van der Waals surface area contributed by atoms with Crippen LogP contribution in [0, 0.1) is 0 Å². The molecule has 0 unspecified atom stereocenters. The fourth-order valence-corrected chi connectivity index (χ4v) is 2.78. The molecule has 20 heavy (non-hydrogen) atoms. The van der Waals surface area contributed by atoms with Crippen LogP contribution in [0.4, 0.5) is 0 Å². The Kier molecular flexibility index (Phi) is 6.03. The van der Waals surface area contributed by atoms with Gasteiger partial charge in [0.1, 0.15) is 0 Å². The van der Waals surface area contributed by atoms with Crippen LogP contribution in [0.5, 0.6) is 0 Å². The highest BCUT2D eigenvalue weighted by atomic mass is 14.6. The summed E-state index contributed by atoms with van der Waals surface area (Å²) in [6.45, 7) is 0.612. The predicted octanol–water partition coefficient (Wildman–Crippen LogP) is 3.97. The van der Waals surface area contributed by atoms with Gasteiger partial charge in [0.2, 0.25) is 0 Å². The number of hydrogen-bond donors (Lipinski definition) is 2. The van der Waals surface area contributed by atoms with Crippen molar-refractivity contribution in [3.63, 3.8) is 0 Å². The molecule has 2 heteroatoms. The van der Waals surface area contributed by atoms with Crippen molar-refractivity contribution in [2.75, 3.05) is 0 Å². The number of hydrogen-bond acceptors (Lipinski definition) is 2. The van der Waals surface area contributed by atoms with Crippen LogP contribution in [0.3, 0.4) is 0 Å². The van der Waals surface area contributed by atoms with Gasteiger partial charge in [0, 0.05) is 12.6 Å². The molecule has 2 aromatic rings. The van der Waals surface area contributed by atoms with Crippen LogP contribution >= 0.6 is 0 Å². The molecule has 1 fully saturated rings. The lowest BCUT2D eigenvalue weighted by Crippen LogP contribution is -2.17. The summed E-state index contributed by atoms with van der Waals surface area (Å²) >= 11 is 0. The molecule has 1 aliphatic rings. The summed E-state index contributed by atoms with van der Waals surface area (Å²) in [7, 11) is 0. The SMILES string of the molecule is NC1CCCCCC1.NCc1cccc2ccccc12. The van der Waals surface area contributed by atoms with Crippen molar-refractivity contribution >= 4 is 10.8 Å². The van der Waals surface area contributed by atoms with E-state index in [0.717, 1.165) is 0 Å². The monoisotopic (exact) mass is 270 g/mol. The topological polar surface area (TPSA) is 52.0 Å². The third kappa shape index (κ3) is 4.32. The Hall–Kier alpha value is -1.38. The minimum absolute atomic E-state index is 0.525. The normalized spacial score (nSPS) is 16.3. The maximum absolute atomic E-state index is 5.73. The third-order valence-electron chi connectivity index (χ3n) is 4.00. The maximum Gasteiger partial charge on any atom is 0.0184 e. The summed E-state index contributed by atoms with van der Waals surface area (Å²) in [6, 6.07) is 15.1. The standard InChI is InChI=1S/C11H11N.C7H15N/c12-8-10-6-3-5-9-4-1-2-7-11(9)10;8-7-5-3-1-2-4-6-7/h1-7H,8,12H2;7H,1-6,8H2. The van der Waals surface area contributed by atoms with E-state index in [4.69, 9.17) is 11.5 Å². The molecule has 0 atom stereocenters. The van der Waals surface area contributed by atoms with E-state index >= 15 is 0 Å². The molecule has 1 saturated carbocycles. The molecular formula is C18H26N2. The van der Waals surface area contributed by atoms with Crippen LogP contribution in [-0.4, -0.2) is 6.04 Å². The highest BCUT2D eigenvalue weighted by molar-refractivity contribution is 5.85. The zero-order valence-electron chi connectivity index (χ0n) is 12.2. The molecule has 1 aliphatic carbocycles. The van der Waals surface area contributed by atoms with Gasteiger partial charge in [-0.3, -0.25) is 0 Å². The first-order chi connectivity index (χ1) is 9.81. The van der Waals surface area contributed by atoms with Gasteiger partial charge in [-0.05, 0) is 29.2 Å². The first-order valence-corrected chi connectivity index (χ1v) is 7.73. The smallest absolute Gasteiger partial charge is 0.0184 e. The first-order valence-electron chi connectivity index (χ1n) is 7.73. The average Bonchev–Trinajstić information content (AvgIpc) is 2.75. The van der Waals surface area contributed by atoms with Gasteiger partial charge in [-0.15, -0.1) is 0 Å². The molecule has 0 bridgehead atoms. The van der Waals surface area contributed by atoms with Crippen molar-refractivity contribution in [3.8, 4) is 0 Å². The van der Waals surface area contributed by atoms with E-state index in [2.05, 4.69) is 24.3 Å². The van der Waals surface area contributed by atoms with Crippen molar-refractivity contribution in [3.05, 3.63) is 48.0 Å². The van der Waals surface area contributed by atoms with Crippen LogP contribution in [0.1, 0.15) is 44.1 Å². The Morgan fingerprint density at radius 3 is 2.20 bits per heavy atom. The van der Waals surface area contributed by atoms with Crippen molar-refractivity contribution < 1.29 is 0 Å². The molecular weight excluding hydrogens is 244 g/mol. The lowest BCUT2D eigenvalue weighted by atomic mass is 10.1. The molecule has 0 amide bonds. The fraction of sp³-hybridized carbons (Fsp3) is 0.444. The molecule has 2 aromatic carbocycles. The predicted molar refractivity (Wildman–Crippen MR) is 87.5 cm³/mol. The Morgan fingerprint density at radius 2 is 1.50 bits per heavy atom. The van der Waals surface area contributed by atoms with Crippen LogP contribution < -0.4 is 11.5 Å². The minimum Gasteiger partial charge on any atom is -0.328 e. The molecule has 108 valence electrons. The Bertz CT molecular complexity index is 508. The summed E-state index contributed by atoms with van der Waals surface area (Å²) in [5.41, 5.74) is 12.6. The second-order valence-electron chi connectivity index (χ2n) is 5.59. The Morgan fingerprint density at radius 1 is 0.850 bits per heavy atom. The van der Waals surface area contributed by atoms with Gasteiger partial charge in [-0.2, -0.15) is 0 Å². The highest BCUT2D eigenvalue weighted by Crippen LogP contribution is 2.17. The second kappa shape index (κ2) is 8.03. The molecule has 0 spiro atoms. The van der Waals surface area contributed by atoms with Gasteiger partial charge in [0.15, 0.2) is 0 Å². The number of rotatable bonds is 1. The maximum atomic E-state index is 5.73. The van der Waals surface area contributed by atoms with Crippen molar-refractivity contribution in [1.29, 1.82) is 0 Å². The molecule has 0 heterocycles. The number of nitrogens with two attached hydrogens (primary N) is 2. The second-order valence-corrected chi connectivity index (χ2v) is 5.59. The quantitative estimate of drug-likeness (QED) is 0.770. The summed E-state index contributed by atoms with van der Waals surface area (Å²) in [5, 5.41) is 2.53. The van der Waals surface area contributed by atoms with Crippen molar-refractivity contribution in [2.24, 2.45) is 11.5 Å². The summed E-state index contributed by atoms with van der Waals surface area (Å²) in [6.07, 6.45) is 8.07. The van der Waals surface area contributed by atoms with Gasteiger partial charge in [-0.25, -0.2) is 0 Å². The van der Waals surface area contributed by atoms with E-state index in [1.54, 1.807) is 0 Å². The van der Waals surface area contributed by atoms with E-state index in [1.807, 2.05) is 18.2 Å². The Labute approximate surface area is 122 Å². The van der Waals surface area contributed by atoms with E-state index in [0.29, 0.717) is 12.6 Å². The zero-order chi connectivity index (χ0) is 14.2. The molecule has 0 aliphatic heterocycles. The molecule has 3 rings (SSSR count). The fourth-order valence-electron chi connectivity index (χ4n) is 2.78. The zero-order valence-corrected chi connectivity index (χ0v) is 12.2. The van der Waals surface area contributed by atoms with Gasteiger partial charge >= 0.3 is 0 Å². The summed E-state index contributed by atoms with van der Waals surface area (Å²) in [4.78, 5) is 0. The lowest BCUT2D eigenvalue weighted by molar-refractivity contribution is 0.583. The summed E-state index contributed by atoms with van der Waals surface area (Å²) in [5.74, 6) is 0. The molecule has 0 aromatic heterocycles. The highest BCUT2D eigenvalue weighted by Gasteiger charge is 2.05. The number of benzene rings is 2. The van der Waals surface area contributed by atoms with Crippen molar-refractivity contribution in [2.45, 2.75) is 51.1 Å². The molecule has 4 N–H and O–H groups in total. The summed E-state index contributed by atoms with van der Waals surface area (Å²) < 4.78 is 0. The van der Waals surface area contributed by atoms with Gasteiger partial charge in [0.05, 0.1) is 0 Å². The third-order valence-corrected chi connectivity index (χ3v) is 4.00. The largest absolute Gasteiger partial charge is 0.328 e. The Balaban J connectivity index is 0.000000160. The molecule has 0 saturated heterocycles. The van der Waals surface area contributed by atoms with Crippen LogP contribution in [0.15, 0.2) is 42.5 Å². The van der Waals surface area contributed by atoms with Gasteiger partial charge in [-0.1, -0.05) is 68.1 Å². The minimum atomic E-state index is 0.525. The lowest BCUT2D eigenvalue weighted by Gasteiger charge is -2.03. The van der Waals surface area contributed by atoms with E-state index in [-0.39, 0.29) is 0 Å². The molecule has 2 nitrogen and oxygen atoms in total. The van der Waals surface area contributed by atoms with E-state index in [9.17, 15) is 0 Å². The number of fused-ring (bicyclic) bond motifs is 1. The first kappa shape index (κ1) is 15.0. The van der Waals surface area contributed by atoms with E-state index < -0.39 is 0 Å².